The number of aryl methyl sites for hydroxylation is 1. The summed E-state index contributed by atoms with van der Waals surface area (Å²) in [5.74, 6) is -0.0562. The van der Waals surface area contributed by atoms with E-state index >= 15 is 0 Å². The van der Waals surface area contributed by atoms with E-state index in [4.69, 9.17) is 0 Å². The highest BCUT2D eigenvalue weighted by Gasteiger charge is 2.17. The third kappa shape index (κ3) is 2.74. The molecule has 1 aromatic carbocycles. The highest BCUT2D eigenvalue weighted by atomic mass is 32.1. The van der Waals surface area contributed by atoms with Crippen molar-refractivity contribution >= 4 is 23.0 Å². The average molecular weight is 270 g/mol. The molecular formula is C15H14N2OS. The molecule has 0 unspecified atom stereocenters. The van der Waals surface area contributed by atoms with Gasteiger partial charge in [-0.1, -0.05) is 30.3 Å². The summed E-state index contributed by atoms with van der Waals surface area (Å²) in [6, 6.07) is 12.1. The van der Waals surface area contributed by atoms with Gasteiger partial charge in [-0.05, 0) is 29.9 Å². The number of hydrogen-bond donors (Lipinski definition) is 1. The Bertz CT molecular complexity index is 617. The van der Waals surface area contributed by atoms with Crippen molar-refractivity contribution in [1.29, 1.82) is 0 Å². The summed E-state index contributed by atoms with van der Waals surface area (Å²) >= 11 is 1.59. The Hall–Kier alpha value is -1.94. The molecule has 0 aliphatic heterocycles. The first-order valence-corrected chi connectivity index (χ1v) is 7.17. The predicted octanol–water partition coefficient (Wildman–Crippen LogP) is 2.76. The standard InChI is InChI=1S/C15H14N2OS/c18-15(10-12-5-3-9-19-12)17-16-14-8-7-11-4-1-2-6-13(11)14/h1-6,9H,7-8,10H2,(H,17,18)/b16-14+. The molecule has 1 N–H and O–H groups in total. The molecule has 0 fully saturated rings. The highest BCUT2D eigenvalue weighted by Crippen LogP contribution is 2.21. The molecule has 0 atom stereocenters. The molecule has 2 aromatic rings. The summed E-state index contributed by atoms with van der Waals surface area (Å²) in [5, 5.41) is 6.24. The van der Waals surface area contributed by atoms with Gasteiger partial charge in [0.1, 0.15) is 0 Å². The van der Waals surface area contributed by atoms with Crippen LogP contribution < -0.4 is 5.43 Å². The van der Waals surface area contributed by atoms with Crippen LogP contribution in [-0.4, -0.2) is 11.6 Å². The van der Waals surface area contributed by atoms with Gasteiger partial charge in [0.2, 0.25) is 5.91 Å². The van der Waals surface area contributed by atoms with E-state index in [-0.39, 0.29) is 5.91 Å². The molecule has 0 bridgehead atoms. The zero-order valence-electron chi connectivity index (χ0n) is 10.4. The number of thiophene rings is 1. The van der Waals surface area contributed by atoms with Crippen LogP contribution >= 0.6 is 11.3 Å². The van der Waals surface area contributed by atoms with E-state index in [0.717, 1.165) is 23.4 Å². The van der Waals surface area contributed by atoms with Crippen molar-refractivity contribution in [2.45, 2.75) is 19.3 Å². The lowest BCUT2D eigenvalue weighted by Crippen LogP contribution is -2.21. The summed E-state index contributed by atoms with van der Waals surface area (Å²) < 4.78 is 0. The minimum atomic E-state index is -0.0562. The maximum absolute atomic E-state index is 11.8. The fourth-order valence-electron chi connectivity index (χ4n) is 2.26. The number of benzene rings is 1. The van der Waals surface area contributed by atoms with Gasteiger partial charge in [0, 0.05) is 10.4 Å². The number of rotatable bonds is 3. The number of amides is 1. The third-order valence-electron chi connectivity index (χ3n) is 3.19. The molecule has 4 heteroatoms. The van der Waals surface area contributed by atoms with Crippen LogP contribution in [0.4, 0.5) is 0 Å². The minimum absolute atomic E-state index is 0.0562. The number of hydrogen-bond acceptors (Lipinski definition) is 3. The molecule has 0 spiro atoms. The van der Waals surface area contributed by atoms with E-state index in [1.807, 2.05) is 29.6 Å². The summed E-state index contributed by atoms with van der Waals surface area (Å²) in [6.45, 7) is 0. The van der Waals surface area contributed by atoms with Crippen LogP contribution in [0.25, 0.3) is 0 Å². The number of carbonyl (C=O) groups excluding carboxylic acids is 1. The lowest BCUT2D eigenvalue weighted by molar-refractivity contribution is -0.120. The van der Waals surface area contributed by atoms with E-state index in [2.05, 4.69) is 22.7 Å². The Kier molecular flexibility index (Phi) is 3.42. The third-order valence-corrected chi connectivity index (χ3v) is 4.07. The smallest absolute Gasteiger partial charge is 0.245 e. The van der Waals surface area contributed by atoms with E-state index in [1.54, 1.807) is 11.3 Å². The Morgan fingerprint density at radius 2 is 2.11 bits per heavy atom. The molecule has 1 amide bonds. The largest absolute Gasteiger partial charge is 0.273 e. The zero-order valence-corrected chi connectivity index (χ0v) is 11.2. The maximum atomic E-state index is 11.8. The highest BCUT2D eigenvalue weighted by molar-refractivity contribution is 7.10. The Balaban J connectivity index is 1.66. The Labute approximate surface area is 116 Å². The van der Waals surface area contributed by atoms with Crippen molar-refractivity contribution in [2.24, 2.45) is 5.10 Å². The molecule has 1 aliphatic rings. The number of carbonyl (C=O) groups is 1. The molecule has 96 valence electrons. The van der Waals surface area contributed by atoms with Crippen LogP contribution in [-0.2, 0) is 17.6 Å². The second kappa shape index (κ2) is 5.36. The van der Waals surface area contributed by atoms with Crippen LogP contribution in [0.15, 0.2) is 46.9 Å². The van der Waals surface area contributed by atoms with Crippen molar-refractivity contribution in [2.75, 3.05) is 0 Å². The van der Waals surface area contributed by atoms with Crippen LogP contribution in [0.3, 0.4) is 0 Å². The summed E-state index contributed by atoms with van der Waals surface area (Å²) in [7, 11) is 0. The summed E-state index contributed by atoms with van der Waals surface area (Å²) in [4.78, 5) is 12.8. The van der Waals surface area contributed by atoms with Gasteiger partial charge in [0.25, 0.3) is 0 Å². The Morgan fingerprint density at radius 3 is 2.95 bits per heavy atom. The Morgan fingerprint density at radius 1 is 1.21 bits per heavy atom. The second-order valence-electron chi connectivity index (χ2n) is 4.51. The molecule has 1 aliphatic carbocycles. The van der Waals surface area contributed by atoms with E-state index in [1.165, 1.54) is 11.1 Å². The molecule has 0 saturated heterocycles. The van der Waals surface area contributed by atoms with E-state index in [0.29, 0.717) is 6.42 Å². The first-order valence-electron chi connectivity index (χ1n) is 6.29. The number of fused-ring (bicyclic) bond motifs is 1. The molecule has 0 radical (unpaired) electrons. The second-order valence-corrected chi connectivity index (χ2v) is 5.54. The molecular weight excluding hydrogens is 256 g/mol. The first-order chi connectivity index (χ1) is 9.33. The van der Waals surface area contributed by atoms with Crippen molar-refractivity contribution < 1.29 is 4.79 Å². The van der Waals surface area contributed by atoms with Crippen molar-refractivity contribution in [1.82, 2.24) is 5.43 Å². The molecule has 19 heavy (non-hydrogen) atoms. The molecule has 1 aromatic heterocycles. The predicted molar refractivity (Wildman–Crippen MR) is 77.5 cm³/mol. The quantitative estimate of drug-likeness (QED) is 0.856. The van der Waals surface area contributed by atoms with Gasteiger partial charge in [0.05, 0.1) is 12.1 Å². The normalized spacial score (nSPS) is 15.5. The van der Waals surface area contributed by atoms with Crippen molar-refractivity contribution in [3.8, 4) is 0 Å². The zero-order chi connectivity index (χ0) is 13.1. The van der Waals surface area contributed by atoms with Crippen LogP contribution in [0.1, 0.15) is 22.4 Å². The topological polar surface area (TPSA) is 41.5 Å². The molecule has 3 rings (SSSR count). The average Bonchev–Trinajstić information content (AvgIpc) is 3.05. The van der Waals surface area contributed by atoms with E-state index in [9.17, 15) is 4.79 Å². The van der Waals surface area contributed by atoms with Gasteiger partial charge >= 0.3 is 0 Å². The number of nitrogens with zero attached hydrogens (tertiary/aromatic N) is 1. The van der Waals surface area contributed by atoms with E-state index < -0.39 is 0 Å². The fourth-order valence-corrected chi connectivity index (χ4v) is 2.97. The van der Waals surface area contributed by atoms with Crippen LogP contribution in [0, 0.1) is 0 Å². The van der Waals surface area contributed by atoms with Gasteiger partial charge in [-0.15, -0.1) is 11.3 Å². The molecule has 3 nitrogen and oxygen atoms in total. The number of hydrazone groups is 1. The summed E-state index contributed by atoms with van der Waals surface area (Å²) in [5.41, 5.74) is 6.12. The minimum Gasteiger partial charge on any atom is -0.273 e. The fraction of sp³-hybridized carbons (Fsp3) is 0.200. The maximum Gasteiger partial charge on any atom is 0.245 e. The van der Waals surface area contributed by atoms with Gasteiger partial charge in [-0.3, -0.25) is 4.79 Å². The lowest BCUT2D eigenvalue weighted by Gasteiger charge is -2.01. The SMILES string of the molecule is O=C(Cc1cccs1)N/N=C1\CCc2ccccc21. The van der Waals surface area contributed by atoms with Gasteiger partial charge in [-0.2, -0.15) is 5.10 Å². The van der Waals surface area contributed by atoms with Crippen LogP contribution in [0.5, 0.6) is 0 Å². The molecule has 0 saturated carbocycles. The lowest BCUT2D eigenvalue weighted by atomic mass is 10.1. The number of nitrogens with one attached hydrogen (secondary N) is 1. The summed E-state index contributed by atoms with van der Waals surface area (Å²) in [6.07, 6.45) is 2.31. The van der Waals surface area contributed by atoms with Crippen LogP contribution in [0.2, 0.25) is 0 Å². The van der Waals surface area contributed by atoms with Crippen molar-refractivity contribution in [3.05, 3.63) is 57.8 Å². The van der Waals surface area contributed by atoms with Crippen molar-refractivity contribution in [3.63, 3.8) is 0 Å². The monoisotopic (exact) mass is 270 g/mol. The van der Waals surface area contributed by atoms with Gasteiger partial charge in [0.15, 0.2) is 0 Å². The first kappa shape index (κ1) is 12.1. The van der Waals surface area contributed by atoms with Gasteiger partial charge < -0.3 is 0 Å². The molecule has 1 heterocycles. The van der Waals surface area contributed by atoms with Gasteiger partial charge in [-0.25, -0.2) is 5.43 Å².